The van der Waals surface area contributed by atoms with E-state index in [-0.39, 0.29) is 5.97 Å². The van der Waals surface area contributed by atoms with Crippen LogP contribution in [0.1, 0.15) is 29.4 Å². The van der Waals surface area contributed by atoms with E-state index in [0.717, 1.165) is 33.2 Å². The summed E-state index contributed by atoms with van der Waals surface area (Å²) < 4.78 is 12.8. The van der Waals surface area contributed by atoms with Gasteiger partial charge in [-0.1, -0.05) is 0 Å². The van der Waals surface area contributed by atoms with Gasteiger partial charge in [0.05, 0.1) is 12.7 Å². The van der Waals surface area contributed by atoms with E-state index in [2.05, 4.69) is 15.9 Å². The van der Waals surface area contributed by atoms with Gasteiger partial charge < -0.3 is 9.47 Å². The minimum absolute atomic E-state index is 0.264. The zero-order valence-corrected chi connectivity index (χ0v) is 12.8. The third-order valence-electron chi connectivity index (χ3n) is 2.85. The molecule has 1 aromatic carbocycles. The highest BCUT2D eigenvalue weighted by Crippen LogP contribution is 2.37. The Balaban J connectivity index is 1.96. The molecule has 2 aromatic rings. The van der Waals surface area contributed by atoms with Crippen LogP contribution in [0.25, 0.3) is 10.1 Å². The maximum Gasteiger partial charge on any atom is 0.348 e. The summed E-state index contributed by atoms with van der Waals surface area (Å²) in [6.45, 7) is 2.20. The molecule has 0 radical (unpaired) electrons. The summed E-state index contributed by atoms with van der Waals surface area (Å²) in [4.78, 5) is 12.4. The van der Waals surface area contributed by atoms with Gasteiger partial charge in [0.15, 0.2) is 0 Å². The maximum atomic E-state index is 11.7. The van der Waals surface area contributed by atoms with Crippen molar-refractivity contribution in [3.05, 3.63) is 27.5 Å². The van der Waals surface area contributed by atoms with Gasteiger partial charge in [-0.15, -0.1) is 11.3 Å². The largest absolute Gasteiger partial charge is 0.490 e. The van der Waals surface area contributed by atoms with Crippen LogP contribution in [-0.2, 0) is 4.74 Å². The van der Waals surface area contributed by atoms with Crippen molar-refractivity contribution < 1.29 is 14.3 Å². The van der Waals surface area contributed by atoms with Gasteiger partial charge >= 0.3 is 5.97 Å². The van der Waals surface area contributed by atoms with Crippen LogP contribution in [0.3, 0.4) is 0 Å². The first kappa shape index (κ1) is 12.9. The first-order valence-electron chi connectivity index (χ1n) is 6.24. The quantitative estimate of drug-likeness (QED) is 0.774. The number of esters is 1. The average Bonchev–Trinajstić information content (AvgIpc) is 3.06. The lowest BCUT2D eigenvalue weighted by Crippen LogP contribution is -2.01. The number of halogens is 1. The highest BCUT2D eigenvalue weighted by Gasteiger charge is 2.24. The van der Waals surface area contributed by atoms with Crippen LogP contribution in [0.15, 0.2) is 22.7 Å². The number of carbonyl (C=O) groups is 1. The molecule has 1 aromatic heterocycles. The third-order valence-corrected chi connectivity index (χ3v) is 4.90. The van der Waals surface area contributed by atoms with Crippen LogP contribution >= 0.6 is 27.3 Å². The monoisotopic (exact) mass is 340 g/mol. The summed E-state index contributed by atoms with van der Waals surface area (Å²) in [6.07, 6.45) is 2.63. The Labute approximate surface area is 123 Å². The zero-order chi connectivity index (χ0) is 13.4. The van der Waals surface area contributed by atoms with Crippen molar-refractivity contribution in [3.63, 3.8) is 0 Å². The van der Waals surface area contributed by atoms with Crippen LogP contribution in [0.4, 0.5) is 0 Å². The van der Waals surface area contributed by atoms with Crippen molar-refractivity contribution in [2.24, 2.45) is 0 Å². The second kappa shape index (κ2) is 5.13. The molecule has 1 aliphatic carbocycles. The highest BCUT2D eigenvalue weighted by molar-refractivity contribution is 9.10. The lowest BCUT2D eigenvalue weighted by atomic mass is 10.2. The Hall–Kier alpha value is -1.07. The normalized spacial score (nSPS) is 14.6. The van der Waals surface area contributed by atoms with Crippen molar-refractivity contribution in [3.8, 4) is 5.75 Å². The van der Waals surface area contributed by atoms with E-state index < -0.39 is 0 Å². The summed E-state index contributed by atoms with van der Waals surface area (Å²) in [5, 5.41) is 1.01. The van der Waals surface area contributed by atoms with Crippen LogP contribution in [0.2, 0.25) is 0 Å². The number of carbonyl (C=O) groups excluding carboxylic acids is 1. The topological polar surface area (TPSA) is 35.5 Å². The minimum atomic E-state index is -0.264. The summed E-state index contributed by atoms with van der Waals surface area (Å²) in [7, 11) is 0. The summed E-state index contributed by atoms with van der Waals surface area (Å²) in [6, 6.07) is 5.81. The first-order valence-corrected chi connectivity index (χ1v) is 7.85. The minimum Gasteiger partial charge on any atom is -0.490 e. The summed E-state index contributed by atoms with van der Waals surface area (Å²) in [5.41, 5.74) is 0. The summed E-state index contributed by atoms with van der Waals surface area (Å²) >= 11 is 4.98. The van der Waals surface area contributed by atoms with Crippen molar-refractivity contribution in [1.29, 1.82) is 0 Å². The Kier molecular flexibility index (Phi) is 3.50. The van der Waals surface area contributed by atoms with Crippen LogP contribution < -0.4 is 4.74 Å². The van der Waals surface area contributed by atoms with Crippen molar-refractivity contribution >= 4 is 43.3 Å². The Morgan fingerprint density at radius 3 is 2.89 bits per heavy atom. The summed E-state index contributed by atoms with van der Waals surface area (Å²) in [5.74, 6) is 0.593. The lowest BCUT2D eigenvalue weighted by molar-refractivity contribution is 0.0532. The van der Waals surface area contributed by atoms with E-state index >= 15 is 0 Å². The zero-order valence-electron chi connectivity index (χ0n) is 10.4. The average molecular weight is 341 g/mol. The Morgan fingerprint density at radius 2 is 2.21 bits per heavy atom. The molecule has 0 unspecified atom stereocenters. The number of benzene rings is 1. The Bertz CT molecular complexity index is 631. The lowest BCUT2D eigenvalue weighted by Gasteiger charge is -2.05. The predicted molar refractivity (Wildman–Crippen MR) is 79.1 cm³/mol. The van der Waals surface area contributed by atoms with Crippen LogP contribution in [0.5, 0.6) is 5.75 Å². The molecule has 1 aliphatic rings. The van der Waals surface area contributed by atoms with Crippen LogP contribution in [-0.4, -0.2) is 18.7 Å². The van der Waals surface area contributed by atoms with Gasteiger partial charge in [0.2, 0.25) is 0 Å². The number of fused-ring (bicyclic) bond motifs is 1. The predicted octanol–water partition coefficient (Wildman–Crippen LogP) is 4.38. The molecule has 3 nitrogen and oxygen atoms in total. The standard InChI is InChI=1S/C14H13BrO3S/c1-2-17-14(16)12-6-8-5-10(18-9-3-4-9)7-11(15)13(8)19-12/h5-7,9H,2-4H2,1H3. The number of rotatable bonds is 4. The molecule has 1 fully saturated rings. The smallest absolute Gasteiger partial charge is 0.348 e. The van der Waals surface area contributed by atoms with Gasteiger partial charge in [-0.2, -0.15) is 0 Å². The molecule has 0 saturated heterocycles. The van der Waals surface area contributed by atoms with E-state index in [1.807, 2.05) is 25.1 Å². The molecular weight excluding hydrogens is 328 g/mol. The van der Waals surface area contributed by atoms with Crippen molar-refractivity contribution in [2.45, 2.75) is 25.9 Å². The molecule has 0 atom stereocenters. The molecule has 19 heavy (non-hydrogen) atoms. The van der Waals surface area contributed by atoms with Crippen molar-refractivity contribution in [1.82, 2.24) is 0 Å². The van der Waals surface area contributed by atoms with Gasteiger partial charge in [-0.3, -0.25) is 0 Å². The maximum absolute atomic E-state index is 11.7. The number of thiophene rings is 1. The second-order valence-corrected chi connectivity index (χ2v) is 6.38. The first-order chi connectivity index (χ1) is 9.17. The van der Waals surface area contributed by atoms with E-state index in [9.17, 15) is 4.79 Å². The number of hydrogen-bond acceptors (Lipinski definition) is 4. The molecule has 1 heterocycles. The van der Waals surface area contributed by atoms with Gasteiger partial charge in [0.25, 0.3) is 0 Å². The van der Waals surface area contributed by atoms with Crippen molar-refractivity contribution in [2.75, 3.05) is 6.61 Å². The van der Waals surface area contributed by atoms with E-state index in [0.29, 0.717) is 17.6 Å². The highest BCUT2D eigenvalue weighted by atomic mass is 79.9. The third kappa shape index (κ3) is 2.77. The van der Waals surface area contributed by atoms with E-state index in [4.69, 9.17) is 9.47 Å². The fraction of sp³-hybridized carbons (Fsp3) is 0.357. The SMILES string of the molecule is CCOC(=O)c1cc2cc(OC3CC3)cc(Br)c2s1. The number of hydrogen-bond donors (Lipinski definition) is 0. The molecule has 0 spiro atoms. The molecule has 0 bridgehead atoms. The van der Waals surface area contributed by atoms with Gasteiger partial charge in [0, 0.05) is 9.17 Å². The molecule has 0 amide bonds. The van der Waals surface area contributed by atoms with Gasteiger partial charge in [0.1, 0.15) is 10.6 Å². The van der Waals surface area contributed by atoms with E-state index in [1.165, 1.54) is 11.3 Å². The fourth-order valence-corrected chi connectivity index (χ4v) is 3.47. The number of ether oxygens (including phenoxy) is 2. The van der Waals surface area contributed by atoms with Crippen LogP contribution in [0, 0.1) is 0 Å². The molecule has 0 aliphatic heterocycles. The fourth-order valence-electron chi connectivity index (χ4n) is 1.83. The molecule has 100 valence electrons. The second-order valence-electron chi connectivity index (χ2n) is 4.47. The Morgan fingerprint density at radius 1 is 1.42 bits per heavy atom. The molecule has 5 heteroatoms. The van der Waals surface area contributed by atoms with Gasteiger partial charge in [-0.25, -0.2) is 4.79 Å². The molecular formula is C14H13BrO3S. The molecule has 3 rings (SSSR count). The van der Waals surface area contributed by atoms with Gasteiger partial charge in [-0.05, 0) is 59.3 Å². The molecule has 1 saturated carbocycles. The van der Waals surface area contributed by atoms with E-state index in [1.54, 1.807) is 0 Å². The molecule has 0 N–H and O–H groups in total.